The third-order valence-electron chi connectivity index (χ3n) is 2.74. The smallest absolute Gasteiger partial charge is 0.151 e. The molecule has 2 aromatic carbocycles. The summed E-state index contributed by atoms with van der Waals surface area (Å²) in [5.74, 6) is 5.32. The van der Waals surface area contributed by atoms with Gasteiger partial charge in [-0.15, -0.1) is 0 Å². The van der Waals surface area contributed by atoms with Gasteiger partial charge in [-0.3, -0.25) is 0 Å². The van der Waals surface area contributed by atoms with Crippen molar-refractivity contribution in [1.82, 2.24) is 5.43 Å². The molecule has 0 fully saturated rings. The molecule has 0 bridgehead atoms. The van der Waals surface area contributed by atoms with Crippen LogP contribution in [0.2, 0.25) is 0 Å². The Balaban J connectivity index is 2.40. The molecule has 2 aromatic rings. The predicted molar refractivity (Wildman–Crippen MR) is 88.8 cm³/mol. The molecule has 106 valence electrons. The summed E-state index contributed by atoms with van der Waals surface area (Å²) in [6, 6.07) is 17.6. The molecule has 0 aromatic heterocycles. The molecule has 4 nitrogen and oxygen atoms in total. The van der Waals surface area contributed by atoms with Crippen molar-refractivity contribution in [2.75, 3.05) is 0 Å². The maximum Gasteiger partial charge on any atom is 0.151 e. The standard InChI is InChI=1S/C15H13BrN4S/c16-10-5-7-11(8-6-10)21-14-4-2-1-3-12(14)15(18)13(9-17)20-19/h1-8,20H,18-19H2/b15-13-. The zero-order chi connectivity index (χ0) is 15.2. The highest BCUT2D eigenvalue weighted by molar-refractivity contribution is 9.10. The van der Waals surface area contributed by atoms with E-state index in [1.165, 1.54) is 0 Å². The van der Waals surface area contributed by atoms with Crippen LogP contribution in [-0.4, -0.2) is 0 Å². The van der Waals surface area contributed by atoms with E-state index in [0.717, 1.165) is 19.8 Å². The maximum absolute atomic E-state index is 9.03. The van der Waals surface area contributed by atoms with E-state index in [1.54, 1.807) is 11.8 Å². The van der Waals surface area contributed by atoms with E-state index >= 15 is 0 Å². The fourth-order valence-corrected chi connectivity index (χ4v) is 2.94. The number of nitrogens with zero attached hydrogens (tertiary/aromatic N) is 1. The average Bonchev–Trinajstić information content (AvgIpc) is 2.51. The summed E-state index contributed by atoms with van der Waals surface area (Å²) in [5.41, 5.74) is 9.62. The minimum Gasteiger partial charge on any atom is -0.396 e. The first-order chi connectivity index (χ1) is 10.2. The van der Waals surface area contributed by atoms with Gasteiger partial charge in [-0.25, -0.2) is 5.84 Å². The Labute approximate surface area is 135 Å². The lowest BCUT2D eigenvalue weighted by Gasteiger charge is -2.11. The maximum atomic E-state index is 9.03. The second kappa shape index (κ2) is 7.18. The molecule has 0 aliphatic carbocycles. The lowest BCUT2D eigenvalue weighted by atomic mass is 10.1. The third-order valence-corrected chi connectivity index (χ3v) is 4.36. The SMILES string of the molecule is N#C/C(NN)=C(/N)c1ccccc1Sc1ccc(Br)cc1. The second-order valence-electron chi connectivity index (χ2n) is 4.10. The molecule has 0 saturated carbocycles. The fraction of sp³-hybridized carbons (Fsp3) is 0. The molecule has 6 heteroatoms. The summed E-state index contributed by atoms with van der Waals surface area (Å²) in [7, 11) is 0. The number of nitrogens with two attached hydrogens (primary N) is 2. The number of hydrogen-bond donors (Lipinski definition) is 3. The highest BCUT2D eigenvalue weighted by atomic mass is 79.9. The number of rotatable bonds is 4. The first-order valence-corrected chi connectivity index (χ1v) is 7.66. The van der Waals surface area contributed by atoms with Gasteiger partial charge in [0.1, 0.15) is 6.07 Å². The number of halogens is 1. The van der Waals surface area contributed by atoms with Crippen molar-refractivity contribution < 1.29 is 0 Å². The molecule has 0 saturated heterocycles. The summed E-state index contributed by atoms with van der Waals surface area (Å²) in [5, 5.41) is 9.03. The lowest BCUT2D eigenvalue weighted by Crippen LogP contribution is -2.23. The van der Waals surface area contributed by atoms with Crippen molar-refractivity contribution in [2.24, 2.45) is 11.6 Å². The molecule has 0 spiro atoms. The zero-order valence-electron chi connectivity index (χ0n) is 11.0. The summed E-state index contributed by atoms with van der Waals surface area (Å²) >= 11 is 4.99. The van der Waals surface area contributed by atoms with E-state index in [2.05, 4.69) is 21.4 Å². The van der Waals surface area contributed by atoms with Crippen LogP contribution in [0.1, 0.15) is 5.56 Å². The Morgan fingerprint density at radius 3 is 2.43 bits per heavy atom. The van der Waals surface area contributed by atoms with E-state index < -0.39 is 0 Å². The number of hydrogen-bond acceptors (Lipinski definition) is 5. The van der Waals surface area contributed by atoms with Crippen molar-refractivity contribution in [3.05, 3.63) is 64.3 Å². The van der Waals surface area contributed by atoms with Crippen LogP contribution in [0.25, 0.3) is 5.70 Å². The summed E-state index contributed by atoms with van der Waals surface area (Å²) in [6.07, 6.45) is 0. The first kappa shape index (κ1) is 15.4. The number of allylic oxidation sites excluding steroid dienone is 1. The fourth-order valence-electron chi connectivity index (χ4n) is 1.71. The van der Waals surface area contributed by atoms with Gasteiger partial charge < -0.3 is 11.2 Å². The molecule has 2 rings (SSSR count). The third kappa shape index (κ3) is 3.79. The predicted octanol–water partition coefficient (Wildman–Crippen LogP) is 3.21. The largest absolute Gasteiger partial charge is 0.396 e. The van der Waals surface area contributed by atoms with Gasteiger partial charge in [0.15, 0.2) is 5.70 Å². The van der Waals surface area contributed by atoms with Crippen molar-refractivity contribution >= 4 is 33.4 Å². The Morgan fingerprint density at radius 1 is 1.14 bits per heavy atom. The van der Waals surface area contributed by atoms with Crippen molar-refractivity contribution in [1.29, 1.82) is 5.26 Å². The van der Waals surface area contributed by atoms with E-state index in [9.17, 15) is 0 Å². The number of hydrazine groups is 1. The highest BCUT2D eigenvalue weighted by Crippen LogP contribution is 2.33. The molecule has 0 atom stereocenters. The molecule has 5 N–H and O–H groups in total. The van der Waals surface area contributed by atoms with E-state index in [4.69, 9.17) is 16.8 Å². The molecule has 21 heavy (non-hydrogen) atoms. The Morgan fingerprint density at radius 2 is 1.81 bits per heavy atom. The molecule has 0 heterocycles. The highest BCUT2D eigenvalue weighted by Gasteiger charge is 2.10. The van der Waals surface area contributed by atoms with Gasteiger partial charge in [-0.05, 0) is 30.3 Å². The van der Waals surface area contributed by atoms with Gasteiger partial charge in [-0.1, -0.05) is 45.9 Å². The van der Waals surface area contributed by atoms with Gasteiger partial charge in [0.2, 0.25) is 0 Å². The minimum atomic E-state index is 0.152. The number of benzene rings is 2. The van der Waals surface area contributed by atoms with Gasteiger partial charge >= 0.3 is 0 Å². The topological polar surface area (TPSA) is 87.9 Å². The summed E-state index contributed by atoms with van der Waals surface area (Å²) in [6.45, 7) is 0. The first-order valence-electron chi connectivity index (χ1n) is 6.05. The van der Waals surface area contributed by atoms with Gasteiger partial charge in [-0.2, -0.15) is 5.26 Å². The minimum absolute atomic E-state index is 0.152. The van der Waals surface area contributed by atoms with E-state index in [1.807, 2.05) is 54.6 Å². The number of nitriles is 1. The van der Waals surface area contributed by atoms with Gasteiger partial charge in [0.25, 0.3) is 0 Å². The zero-order valence-corrected chi connectivity index (χ0v) is 13.4. The van der Waals surface area contributed by atoms with Crippen LogP contribution in [-0.2, 0) is 0 Å². The molecule has 0 unspecified atom stereocenters. The molecule has 0 aliphatic heterocycles. The summed E-state index contributed by atoms with van der Waals surface area (Å²) < 4.78 is 1.03. The van der Waals surface area contributed by atoms with Crippen LogP contribution in [0.4, 0.5) is 0 Å². The van der Waals surface area contributed by atoms with Crippen molar-refractivity contribution in [3.8, 4) is 6.07 Å². The summed E-state index contributed by atoms with van der Waals surface area (Å²) in [4.78, 5) is 2.04. The van der Waals surface area contributed by atoms with Crippen LogP contribution in [0.3, 0.4) is 0 Å². The molecule has 0 radical (unpaired) electrons. The van der Waals surface area contributed by atoms with Crippen molar-refractivity contribution in [2.45, 2.75) is 9.79 Å². The normalized spacial score (nSPS) is 11.5. The monoisotopic (exact) mass is 360 g/mol. The van der Waals surface area contributed by atoms with Crippen LogP contribution < -0.4 is 17.0 Å². The van der Waals surface area contributed by atoms with Crippen LogP contribution in [0.15, 0.2) is 68.5 Å². The molecule has 0 aliphatic rings. The Hall–Kier alpha value is -1.94. The Kier molecular flexibility index (Phi) is 5.28. The van der Waals surface area contributed by atoms with Crippen LogP contribution in [0.5, 0.6) is 0 Å². The second-order valence-corrected chi connectivity index (χ2v) is 6.13. The van der Waals surface area contributed by atoms with E-state index in [0.29, 0.717) is 5.70 Å². The van der Waals surface area contributed by atoms with Crippen LogP contribution >= 0.6 is 27.7 Å². The average molecular weight is 361 g/mol. The molecule has 0 amide bonds. The molecular formula is C15H13BrN4S. The Bertz CT molecular complexity index is 704. The van der Waals surface area contributed by atoms with Crippen LogP contribution in [0, 0.1) is 11.3 Å². The van der Waals surface area contributed by atoms with E-state index in [-0.39, 0.29) is 5.70 Å². The quantitative estimate of drug-likeness (QED) is 0.442. The van der Waals surface area contributed by atoms with Gasteiger partial charge in [0.05, 0.1) is 5.70 Å². The number of nitrogens with one attached hydrogen (secondary N) is 1. The van der Waals surface area contributed by atoms with Gasteiger partial charge in [0, 0.05) is 19.8 Å². The van der Waals surface area contributed by atoms with Crippen molar-refractivity contribution in [3.63, 3.8) is 0 Å². The lowest BCUT2D eigenvalue weighted by molar-refractivity contribution is 0.919. The molecular weight excluding hydrogens is 348 g/mol.